The summed E-state index contributed by atoms with van der Waals surface area (Å²) >= 11 is 1.73. The van der Waals surface area contributed by atoms with E-state index >= 15 is 0 Å². The van der Waals surface area contributed by atoms with E-state index in [4.69, 9.17) is 0 Å². The minimum Gasteiger partial charge on any atom is -0.344 e. The Balaban J connectivity index is 0.000001000. The number of unbranched alkanes of at least 4 members (excludes halogenated alkanes) is 1. The summed E-state index contributed by atoms with van der Waals surface area (Å²) in [6.07, 6.45) is 3.57. The van der Waals surface area contributed by atoms with Crippen molar-refractivity contribution in [3.8, 4) is 0 Å². The topological polar surface area (TPSA) is 29.1 Å². The molecule has 0 bridgehead atoms. The van der Waals surface area contributed by atoms with Crippen LogP contribution in [0.1, 0.15) is 26.2 Å². The zero-order valence-corrected chi connectivity index (χ0v) is 8.26. The van der Waals surface area contributed by atoms with E-state index in [0.29, 0.717) is 11.1 Å². The van der Waals surface area contributed by atoms with Gasteiger partial charge < -0.3 is 5.32 Å². The molecule has 66 valence electrons. The maximum atomic E-state index is 10.7. The largest absolute Gasteiger partial charge is 0.344 e. The molecule has 4 heteroatoms. The van der Waals surface area contributed by atoms with Gasteiger partial charge in [0.05, 0.1) is 11.1 Å². The average Bonchev–Trinajstić information content (AvgIpc) is 2.31. The van der Waals surface area contributed by atoms with Crippen molar-refractivity contribution < 1.29 is 4.79 Å². The number of thioether (sulfide) groups is 1. The van der Waals surface area contributed by atoms with E-state index in [2.05, 4.69) is 12.2 Å². The summed E-state index contributed by atoms with van der Waals surface area (Å²) in [5.41, 5.74) is 0. The number of hydrogen-bond donors (Lipinski definition) is 1. The third-order valence-corrected chi connectivity index (χ3v) is 2.74. The quantitative estimate of drug-likeness (QED) is 0.744. The highest BCUT2D eigenvalue weighted by Gasteiger charge is 2.19. The number of carbonyl (C=O) groups excluding carboxylic acids is 1. The Morgan fingerprint density at radius 3 is 2.91 bits per heavy atom. The molecule has 0 aliphatic carbocycles. The molecule has 1 aliphatic rings. The Morgan fingerprint density at radius 2 is 2.45 bits per heavy atom. The monoisotopic (exact) mass is 195 g/mol. The molecule has 1 atom stereocenters. The molecule has 1 fully saturated rings. The van der Waals surface area contributed by atoms with Crippen molar-refractivity contribution in [3.05, 3.63) is 0 Å². The lowest BCUT2D eigenvalue weighted by Crippen LogP contribution is -2.24. The van der Waals surface area contributed by atoms with Crippen molar-refractivity contribution in [2.24, 2.45) is 0 Å². The van der Waals surface area contributed by atoms with Gasteiger partial charge in [-0.1, -0.05) is 19.8 Å². The summed E-state index contributed by atoms with van der Waals surface area (Å²) in [5, 5.41) is 3.32. The molecule has 1 saturated heterocycles. The molecule has 2 nitrogen and oxygen atoms in total. The van der Waals surface area contributed by atoms with Crippen molar-refractivity contribution in [2.45, 2.75) is 31.6 Å². The third kappa shape index (κ3) is 3.87. The van der Waals surface area contributed by atoms with Crippen LogP contribution in [0.4, 0.5) is 0 Å². The van der Waals surface area contributed by atoms with Crippen LogP contribution in [0.3, 0.4) is 0 Å². The molecular formula is C7H14ClNOS. The molecule has 1 heterocycles. The fourth-order valence-corrected chi connectivity index (χ4v) is 1.97. The number of nitrogens with one attached hydrogen (secondary N) is 1. The van der Waals surface area contributed by atoms with Crippen molar-refractivity contribution in [2.75, 3.05) is 5.75 Å². The second-order valence-corrected chi connectivity index (χ2v) is 3.70. The lowest BCUT2D eigenvalue weighted by atomic mass is 10.2. The number of halogens is 1. The van der Waals surface area contributed by atoms with E-state index in [1.54, 1.807) is 11.8 Å². The fraction of sp³-hybridized carbons (Fsp3) is 0.857. The predicted molar refractivity (Wildman–Crippen MR) is 51.2 cm³/mol. The Morgan fingerprint density at radius 1 is 1.73 bits per heavy atom. The van der Waals surface area contributed by atoms with Crippen LogP contribution in [0.25, 0.3) is 0 Å². The number of hydrogen-bond acceptors (Lipinski definition) is 2. The molecule has 0 radical (unpaired) electrons. The molecular weight excluding hydrogens is 182 g/mol. The van der Waals surface area contributed by atoms with E-state index in [1.165, 1.54) is 12.8 Å². The Kier molecular flexibility index (Phi) is 5.78. The van der Waals surface area contributed by atoms with E-state index in [0.717, 1.165) is 6.42 Å². The first-order valence-corrected chi connectivity index (χ1v) is 4.78. The van der Waals surface area contributed by atoms with E-state index in [-0.39, 0.29) is 18.3 Å². The molecule has 1 unspecified atom stereocenters. The van der Waals surface area contributed by atoms with Gasteiger partial charge in [-0.05, 0) is 6.42 Å². The van der Waals surface area contributed by atoms with Gasteiger partial charge in [0.15, 0.2) is 0 Å². The first-order chi connectivity index (χ1) is 4.83. The molecule has 0 aromatic heterocycles. The standard InChI is InChI=1S/C7H13NOS.ClH/c1-2-3-4-7-8-6(9)5-10-7;/h7H,2-5H2,1H3,(H,8,9);1H. The molecule has 1 N–H and O–H groups in total. The van der Waals surface area contributed by atoms with Crippen LogP contribution < -0.4 is 5.32 Å². The summed E-state index contributed by atoms with van der Waals surface area (Å²) < 4.78 is 0. The van der Waals surface area contributed by atoms with Gasteiger partial charge in [0.25, 0.3) is 0 Å². The van der Waals surface area contributed by atoms with Gasteiger partial charge in [-0.15, -0.1) is 24.2 Å². The Hall–Kier alpha value is 0.110. The second-order valence-electron chi connectivity index (χ2n) is 2.51. The molecule has 1 aliphatic heterocycles. The van der Waals surface area contributed by atoms with Crippen LogP contribution in [0.2, 0.25) is 0 Å². The summed E-state index contributed by atoms with van der Waals surface area (Å²) in [6.45, 7) is 2.17. The minimum atomic E-state index is 0. The molecule has 0 spiro atoms. The fourth-order valence-electron chi connectivity index (χ4n) is 0.984. The Labute approximate surface area is 77.9 Å². The van der Waals surface area contributed by atoms with Gasteiger partial charge in [-0.2, -0.15) is 0 Å². The number of carbonyl (C=O) groups is 1. The number of rotatable bonds is 3. The zero-order valence-electron chi connectivity index (χ0n) is 6.63. The van der Waals surface area contributed by atoms with Gasteiger partial charge in [0.2, 0.25) is 5.91 Å². The lowest BCUT2D eigenvalue weighted by molar-refractivity contribution is -0.118. The van der Waals surface area contributed by atoms with E-state index < -0.39 is 0 Å². The SMILES string of the molecule is CCCCC1NC(=O)CS1.Cl. The van der Waals surface area contributed by atoms with Crippen LogP contribution in [0, 0.1) is 0 Å². The van der Waals surface area contributed by atoms with Gasteiger partial charge >= 0.3 is 0 Å². The van der Waals surface area contributed by atoms with Crippen molar-refractivity contribution in [1.82, 2.24) is 5.32 Å². The normalized spacial score (nSPS) is 22.6. The molecule has 1 rings (SSSR count). The summed E-state index contributed by atoms with van der Waals surface area (Å²) in [5.74, 6) is 0.861. The third-order valence-electron chi connectivity index (χ3n) is 1.56. The highest BCUT2D eigenvalue weighted by Crippen LogP contribution is 2.19. The van der Waals surface area contributed by atoms with Crippen LogP contribution in [-0.2, 0) is 4.79 Å². The minimum absolute atomic E-state index is 0. The molecule has 0 aromatic carbocycles. The molecule has 0 aromatic rings. The predicted octanol–water partition coefficient (Wildman–Crippen LogP) is 1.79. The first kappa shape index (κ1) is 11.1. The van der Waals surface area contributed by atoms with Gasteiger partial charge in [-0.25, -0.2) is 0 Å². The first-order valence-electron chi connectivity index (χ1n) is 3.74. The van der Waals surface area contributed by atoms with E-state index in [9.17, 15) is 4.79 Å². The average molecular weight is 196 g/mol. The molecule has 11 heavy (non-hydrogen) atoms. The van der Waals surface area contributed by atoms with Crippen molar-refractivity contribution in [3.63, 3.8) is 0 Å². The van der Waals surface area contributed by atoms with Crippen LogP contribution >= 0.6 is 24.2 Å². The zero-order chi connectivity index (χ0) is 7.40. The van der Waals surface area contributed by atoms with Crippen LogP contribution in [-0.4, -0.2) is 17.0 Å². The maximum absolute atomic E-state index is 10.7. The second kappa shape index (κ2) is 5.72. The highest BCUT2D eigenvalue weighted by atomic mass is 35.5. The number of amides is 1. The van der Waals surface area contributed by atoms with Crippen LogP contribution in [0.15, 0.2) is 0 Å². The van der Waals surface area contributed by atoms with Gasteiger partial charge in [-0.3, -0.25) is 4.79 Å². The lowest BCUT2D eigenvalue weighted by Gasteiger charge is -2.06. The summed E-state index contributed by atoms with van der Waals surface area (Å²) in [6, 6.07) is 0. The highest BCUT2D eigenvalue weighted by molar-refractivity contribution is 8.01. The van der Waals surface area contributed by atoms with Gasteiger partial charge in [0, 0.05) is 0 Å². The summed E-state index contributed by atoms with van der Waals surface area (Å²) in [7, 11) is 0. The Bertz CT molecular complexity index is 132. The summed E-state index contributed by atoms with van der Waals surface area (Å²) in [4.78, 5) is 10.7. The maximum Gasteiger partial charge on any atom is 0.230 e. The molecule has 1 amide bonds. The van der Waals surface area contributed by atoms with Crippen molar-refractivity contribution >= 4 is 30.1 Å². The molecule has 0 saturated carbocycles. The van der Waals surface area contributed by atoms with Crippen LogP contribution in [0.5, 0.6) is 0 Å². The van der Waals surface area contributed by atoms with Gasteiger partial charge in [0.1, 0.15) is 0 Å². The van der Waals surface area contributed by atoms with Crippen molar-refractivity contribution in [1.29, 1.82) is 0 Å². The van der Waals surface area contributed by atoms with E-state index in [1.807, 2.05) is 0 Å². The smallest absolute Gasteiger partial charge is 0.230 e.